The third-order valence-electron chi connectivity index (χ3n) is 3.08. The van der Waals surface area contributed by atoms with Crippen molar-refractivity contribution in [3.05, 3.63) is 35.9 Å². The number of nitrogens with one attached hydrogen (secondary N) is 1. The number of anilines is 2. The van der Waals surface area contributed by atoms with Gasteiger partial charge in [0.05, 0.1) is 6.04 Å². The Labute approximate surface area is 99.7 Å². The second kappa shape index (κ2) is 3.76. The molecule has 1 aromatic heterocycles. The van der Waals surface area contributed by atoms with Crippen LogP contribution in [0.25, 0.3) is 0 Å². The van der Waals surface area contributed by atoms with Gasteiger partial charge in [-0.1, -0.05) is 30.3 Å². The maximum absolute atomic E-state index is 5.66. The van der Waals surface area contributed by atoms with Crippen molar-refractivity contribution >= 4 is 11.9 Å². The van der Waals surface area contributed by atoms with Gasteiger partial charge in [-0.2, -0.15) is 4.98 Å². The molecular weight excluding hydrogens is 214 g/mol. The summed E-state index contributed by atoms with van der Waals surface area (Å²) in [6.45, 7) is 2.14. The lowest BCUT2D eigenvalue weighted by atomic mass is 9.99. The van der Waals surface area contributed by atoms with Crippen molar-refractivity contribution in [1.82, 2.24) is 14.8 Å². The van der Waals surface area contributed by atoms with Crippen LogP contribution in [-0.2, 0) is 0 Å². The van der Waals surface area contributed by atoms with E-state index >= 15 is 0 Å². The standard InChI is InChI=1S/C12H15N5/c1-8-7-10(9-5-3-2-4-6-9)17-12(14-8)15-11(13)16-17/h2-6,8,10H,7H2,1H3,(H3,13,14,15,16)/t8-,10+/m1/s1. The fraction of sp³-hybridized carbons (Fsp3) is 0.333. The van der Waals surface area contributed by atoms with Crippen molar-refractivity contribution in [1.29, 1.82) is 0 Å². The van der Waals surface area contributed by atoms with Crippen LogP contribution in [0.2, 0.25) is 0 Å². The first-order chi connectivity index (χ1) is 8.24. The quantitative estimate of drug-likeness (QED) is 0.780. The molecule has 2 atom stereocenters. The first kappa shape index (κ1) is 10.1. The topological polar surface area (TPSA) is 68.8 Å². The summed E-state index contributed by atoms with van der Waals surface area (Å²) in [5.74, 6) is 1.08. The second-order valence-corrected chi connectivity index (χ2v) is 4.45. The van der Waals surface area contributed by atoms with Crippen molar-refractivity contribution in [3.8, 4) is 0 Å². The zero-order valence-electron chi connectivity index (χ0n) is 9.67. The van der Waals surface area contributed by atoms with E-state index in [1.807, 2.05) is 22.9 Å². The second-order valence-electron chi connectivity index (χ2n) is 4.45. The lowest BCUT2D eigenvalue weighted by molar-refractivity contribution is 0.438. The highest BCUT2D eigenvalue weighted by Gasteiger charge is 2.27. The molecule has 0 saturated carbocycles. The molecule has 1 aromatic carbocycles. The van der Waals surface area contributed by atoms with Gasteiger partial charge in [0.1, 0.15) is 0 Å². The fourth-order valence-corrected chi connectivity index (χ4v) is 2.32. The molecule has 5 heteroatoms. The summed E-state index contributed by atoms with van der Waals surface area (Å²) in [5.41, 5.74) is 6.90. The molecule has 17 heavy (non-hydrogen) atoms. The van der Waals surface area contributed by atoms with Crippen LogP contribution in [-0.4, -0.2) is 20.8 Å². The molecule has 3 N–H and O–H groups in total. The van der Waals surface area contributed by atoms with E-state index in [1.54, 1.807) is 0 Å². The van der Waals surface area contributed by atoms with Crippen LogP contribution >= 0.6 is 0 Å². The third-order valence-corrected chi connectivity index (χ3v) is 3.08. The average Bonchev–Trinajstić information content (AvgIpc) is 2.69. The molecule has 2 aromatic rings. The van der Waals surface area contributed by atoms with Crippen LogP contribution in [0.15, 0.2) is 30.3 Å². The van der Waals surface area contributed by atoms with Gasteiger partial charge < -0.3 is 11.1 Å². The van der Waals surface area contributed by atoms with Gasteiger partial charge >= 0.3 is 0 Å². The van der Waals surface area contributed by atoms with Gasteiger partial charge in [0, 0.05) is 6.04 Å². The zero-order valence-corrected chi connectivity index (χ0v) is 9.67. The summed E-state index contributed by atoms with van der Waals surface area (Å²) < 4.78 is 1.88. The summed E-state index contributed by atoms with van der Waals surface area (Å²) in [6.07, 6.45) is 0.986. The predicted molar refractivity (Wildman–Crippen MR) is 66.7 cm³/mol. The van der Waals surface area contributed by atoms with Gasteiger partial charge in [0.15, 0.2) is 0 Å². The minimum atomic E-state index is 0.215. The first-order valence-corrected chi connectivity index (χ1v) is 5.77. The molecule has 0 spiro atoms. The molecule has 0 unspecified atom stereocenters. The minimum absolute atomic E-state index is 0.215. The predicted octanol–water partition coefficient (Wildman–Crippen LogP) is 1.65. The largest absolute Gasteiger partial charge is 0.366 e. The number of hydrogen-bond donors (Lipinski definition) is 2. The first-order valence-electron chi connectivity index (χ1n) is 5.77. The van der Waals surface area contributed by atoms with E-state index in [2.05, 4.69) is 34.5 Å². The highest BCUT2D eigenvalue weighted by atomic mass is 15.4. The van der Waals surface area contributed by atoms with Gasteiger partial charge in [-0.05, 0) is 18.9 Å². The monoisotopic (exact) mass is 229 g/mol. The molecule has 0 radical (unpaired) electrons. The van der Waals surface area contributed by atoms with Crippen molar-refractivity contribution in [2.24, 2.45) is 0 Å². The zero-order chi connectivity index (χ0) is 11.8. The normalized spacial score (nSPS) is 22.9. The van der Waals surface area contributed by atoms with Crippen LogP contribution in [0.4, 0.5) is 11.9 Å². The highest BCUT2D eigenvalue weighted by molar-refractivity contribution is 5.38. The van der Waals surface area contributed by atoms with Crippen molar-refractivity contribution in [2.45, 2.75) is 25.4 Å². The number of aromatic nitrogens is 3. The molecule has 3 rings (SSSR count). The lowest BCUT2D eigenvalue weighted by Gasteiger charge is -2.29. The summed E-state index contributed by atoms with van der Waals surface area (Å²) in [7, 11) is 0. The Morgan fingerprint density at radius 2 is 2.12 bits per heavy atom. The fourth-order valence-electron chi connectivity index (χ4n) is 2.32. The summed E-state index contributed by atoms with van der Waals surface area (Å²) >= 11 is 0. The maximum atomic E-state index is 5.66. The number of nitrogens with two attached hydrogens (primary N) is 1. The van der Waals surface area contributed by atoms with E-state index < -0.39 is 0 Å². The van der Waals surface area contributed by atoms with Crippen molar-refractivity contribution in [3.63, 3.8) is 0 Å². The summed E-state index contributed by atoms with van der Waals surface area (Å²) in [4.78, 5) is 4.20. The van der Waals surface area contributed by atoms with E-state index in [9.17, 15) is 0 Å². The van der Waals surface area contributed by atoms with Gasteiger partial charge in [-0.25, -0.2) is 4.68 Å². The van der Waals surface area contributed by atoms with E-state index in [0.717, 1.165) is 12.4 Å². The van der Waals surface area contributed by atoms with Crippen LogP contribution in [0.3, 0.4) is 0 Å². The van der Waals surface area contributed by atoms with Crippen LogP contribution < -0.4 is 11.1 Å². The van der Waals surface area contributed by atoms with E-state index in [0.29, 0.717) is 12.0 Å². The van der Waals surface area contributed by atoms with Gasteiger partial charge in [-0.3, -0.25) is 0 Å². The molecule has 1 aliphatic rings. The summed E-state index contributed by atoms with van der Waals surface area (Å²) in [6, 6.07) is 10.9. The van der Waals surface area contributed by atoms with Gasteiger partial charge in [-0.15, -0.1) is 5.10 Å². The lowest BCUT2D eigenvalue weighted by Crippen LogP contribution is -2.31. The number of fused-ring (bicyclic) bond motifs is 1. The Morgan fingerprint density at radius 1 is 1.35 bits per heavy atom. The molecule has 0 amide bonds. The summed E-state index contributed by atoms with van der Waals surface area (Å²) in [5, 5.41) is 7.55. The number of benzene rings is 1. The SMILES string of the molecule is C[C@@H]1C[C@@H](c2ccccc2)n2nc(N)nc2N1. The third kappa shape index (κ3) is 1.73. The number of nitrogens with zero attached hydrogens (tertiary/aromatic N) is 3. The smallest absolute Gasteiger partial charge is 0.241 e. The Hall–Kier alpha value is -2.04. The molecule has 0 bridgehead atoms. The Bertz CT molecular complexity index is 519. The van der Waals surface area contributed by atoms with E-state index in [4.69, 9.17) is 5.73 Å². The average molecular weight is 229 g/mol. The Balaban J connectivity index is 2.06. The molecule has 88 valence electrons. The molecule has 1 aliphatic heterocycles. The Kier molecular flexibility index (Phi) is 2.24. The highest BCUT2D eigenvalue weighted by Crippen LogP contribution is 2.31. The van der Waals surface area contributed by atoms with Crippen molar-refractivity contribution < 1.29 is 0 Å². The minimum Gasteiger partial charge on any atom is -0.366 e. The Morgan fingerprint density at radius 3 is 2.88 bits per heavy atom. The van der Waals surface area contributed by atoms with Crippen LogP contribution in [0.5, 0.6) is 0 Å². The molecule has 0 saturated heterocycles. The van der Waals surface area contributed by atoms with Gasteiger partial charge in [0.25, 0.3) is 0 Å². The number of rotatable bonds is 1. The van der Waals surface area contributed by atoms with Gasteiger partial charge in [0.2, 0.25) is 11.9 Å². The molecule has 5 nitrogen and oxygen atoms in total. The van der Waals surface area contributed by atoms with E-state index in [-0.39, 0.29) is 6.04 Å². The molecular formula is C12H15N5. The van der Waals surface area contributed by atoms with E-state index in [1.165, 1.54) is 5.56 Å². The maximum Gasteiger partial charge on any atom is 0.241 e. The van der Waals surface area contributed by atoms with Crippen molar-refractivity contribution in [2.75, 3.05) is 11.1 Å². The number of hydrogen-bond acceptors (Lipinski definition) is 4. The van der Waals surface area contributed by atoms with Crippen LogP contribution in [0.1, 0.15) is 24.9 Å². The molecule has 0 aliphatic carbocycles. The van der Waals surface area contributed by atoms with Crippen LogP contribution in [0, 0.1) is 0 Å². The molecule has 0 fully saturated rings. The number of nitrogen functional groups attached to an aromatic ring is 1. The molecule has 2 heterocycles.